The third kappa shape index (κ3) is 3.79. The molecule has 1 fully saturated rings. The van der Waals surface area contributed by atoms with Crippen molar-refractivity contribution in [2.24, 2.45) is 0 Å². The molecule has 0 saturated heterocycles. The minimum Gasteiger partial charge on any atom is -0.546 e. The summed E-state index contributed by atoms with van der Waals surface area (Å²) in [6.45, 7) is 8.89. The van der Waals surface area contributed by atoms with Crippen LogP contribution < -0.4 is 4.43 Å². The average Bonchev–Trinajstić information content (AvgIpc) is 3.39. The highest BCUT2D eigenvalue weighted by Gasteiger charge is 2.50. The van der Waals surface area contributed by atoms with Crippen LogP contribution in [0.2, 0.25) is 11.6 Å². The van der Waals surface area contributed by atoms with E-state index in [1.807, 2.05) is 54.6 Å². The Kier molecular flexibility index (Phi) is 4.95. The minimum absolute atomic E-state index is 0.202. The first kappa shape index (κ1) is 19.6. The van der Waals surface area contributed by atoms with Gasteiger partial charge in [0.15, 0.2) is 5.76 Å². The van der Waals surface area contributed by atoms with Gasteiger partial charge in [-0.05, 0) is 54.3 Å². The first-order chi connectivity index (χ1) is 13.8. The van der Waals surface area contributed by atoms with Gasteiger partial charge in [0.25, 0.3) is 0 Å². The van der Waals surface area contributed by atoms with Gasteiger partial charge < -0.3 is 13.7 Å². The van der Waals surface area contributed by atoms with Crippen molar-refractivity contribution in [3.8, 4) is 28.1 Å². The summed E-state index contributed by atoms with van der Waals surface area (Å²) in [6, 6.07) is 18.1. The van der Waals surface area contributed by atoms with Crippen molar-refractivity contribution in [1.82, 2.24) is 5.16 Å². The molecule has 0 bridgehead atoms. The predicted molar refractivity (Wildman–Crippen MR) is 118 cm³/mol. The first-order valence-corrected chi connectivity index (χ1v) is 12.3. The van der Waals surface area contributed by atoms with E-state index in [4.69, 9.17) is 8.95 Å². The second-order valence-electron chi connectivity index (χ2n) is 9.03. The summed E-state index contributed by atoms with van der Waals surface area (Å²) in [5, 5.41) is 4.58. The number of benzene rings is 2. The number of aldehydes is 1. The summed E-state index contributed by atoms with van der Waals surface area (Å²) in [6.07, 6.45) is 2.64. The fourth-order valence-corrected chi connectivity index (χ4v) is 4.22. The van der Waals surface area contributed by atoms with Crippen molar-refractivity contribution in [2.45, 2.75) is 50.6 Å². The zero-order valence-electron chi connectivity index (χ0n) is 17.4. The van der Waals surface area contributed by atoms with Crippen molar-refractivity contribution >= 4 is 15.3 Å². The molecule has 1 saturated carbocycles. The molecule has 4 rings (SSSR count). The molecular formula is C24H27NO3Si. The first-order valence-electron chi connectivity index (χ1n) is 10.1. The number of carbonyl (C=O) groups excluding carboxylic acids is 1. The Labute approximate surface area is 173 Å². The van der Waals surface area contributed by atoms with Gasteiger partial charge in [-0.2, -0.15) is 0 Å². The van der Waals surface area contributed by atoms with E-state index in [-0.39, 0.29) is 5.04 Å². The summed E-state index contributed by atoms with van der Waals surface area (Å²) >= 11 is 0. The molecule has 29 heavy (non-hydrogen) atoms. The van der Waals surface area contributed by atoms with Crippen molar-refractivity contribution in [1.29, 1.82) is 0 Å². The molecule has 0 aliphatic heterocycles. The lowest BCUT2D eigenvalue weighted by atomic mass is 9.93. The Hall–Kier alpha value is -2.66. The van der Waals surface area contributed by atoms with E-state index in [1.54, 1.807) is 0 Å². The Morgan fingerprint density at radius 3 is 2.24 bits per heavy atom. The van der Waals surface area contributed by atoms with Crippen LogP contribution in [0.4, 0.5) is 0 Å². The molecule has 3 aromatic rings. The van der Waals surface area contributed by atoms with E-state index in [0.717, 1.165) is 47.3 Å². The number of rotatable bonds is 6. The van der Waals surface area contributed by atoms with Crippen molar-refractivity contribution < 1.29 is 13.7 Å². The van der Waals surface area contributed by atoms with Crippen molar-refractivity contribution in [3.05, 3.63) is 60.4 Å². The van der Waals surface area contributed by atoms with Gasteiger partial charge in [-0.15, -0.1) is 0 Å². The minimum atomic E-state index is -1.35. The SMILES string of the molecule is C[SiH](Oc1ccc(-c2noc(C3(C=O)CC3)c2-c2ccccc2)cc1)C(C)(C)C. The molecule has 1 unspecified atom stereocenters. The quantitative estimate of drug-likeness (QED) is 0.386. The number of carbonyl (C=O) groups is 1. The zero-order chi connectivity index (χ0) is 20.6. The number of aromatic nitrogens is 1. The van der Waals surface area contributed by atoms with Gasteiger partial charge in [-0.1, -0.05) is 56.3 Å². The van der Waals surface area contributed by atoms with E-state index >= 15 is 0 Å². The van der Waals surface area contributed by atoms with Crippen LogP contribution in [0.3, 0.4) is 0 Å². The van der Waals surface area contributed by atoms with E-state index in [0.29, 0.717) is 5.76 Å². The highest BCUT2D eigenvalue weighted by molar-refractivity contribution is 6.54. The summed E-state index contributed by atoms with van der Waals surface area (Å²) in [4.78, 5) is 11.7. The van der Waals surface area contributed by atoms with Crippen LogP contribution in [0, 0.1) is 0 Å². The predicted octanol–water partition coefficient (Wildman–Crippen LogP) is 5.77. The molecule has 2 aromatic carbocycles. The van der Waals surface area contributed by atoms with Gasteiger partial charge >= 0.3 is 0 Å². The van der Waals surface area contributed by atoms with E-state index in [1.165, 1.54) is 0 Å². The highest BCUT2D eigenvalue weighted by atomic mass is 28.3. The molecule has 0 amide bonds. The van der Waals surface area contributed by atoms with Crippen LogP contribution in [0.1, 0.15) is 39.4 Å². The smallest absolute Gasteiger partial charge is 0.237 e. The zero-order valence-corrected chi connectivity index (χ0v) is 18.6. The van der Waals surface area contributed by atoms with Crippen LogP contribution in [0.5, 0.6) is 5.75 Å². The molecule has 1 aliphatic carbocycles. The van der Waals surface area contributed by atoms with Gasteiger partial charge in [0.1, 0.15) is 17.7 Å². The van der Waals surface area contributed by atoms with Crippen molar-refractivity contribution in [3.63, 3.8) is 0 Å². The third-order valence-corrected chi connectivity index (χ3v) is 8.95. The Balaban J connectivity index is 1.71. The van der Waals surface area contributed by atoms with Crippen LogP contribution in [-0.2, 0) is 10.2 Å². The lowest BCUT2D eigenvalue weighted by molar-refractivity contribution is -0.110. The van der Waals surface area contributed by atoms with Crippen molar-refractivity contribution in [2.75, 3.05) is 0 Å². The largest absolute Gasteiger partial charge is 0.546 e. The molecular weight excluding hydrogens is 378 g/mol. The lowest BCUT2D eigenvalue weighted by Gasteiger charge is -2.26. The van der Waals surface area contributed by atoms with E-state index in [9.17, 15) is 4.79 Å². The standard InChI is InChI=1S/C24H27NO3Si/c1-23(2,3)29(4)28-19-12-10-18(11-13-19)21-20(17-8-6-5-7-9-17)22(27-25-21)24(16-26)14-15-24/h5-13,16,29H,14-15H2,1-4H3. The van der Waals surface area contributed by atoms with Gasteiger partial charge in [0.05, 0.1) is 11.0 Å². The Morgan fingerprint density at radius 2 is 1.69 bits per heavy atom. The maximum atomic E-state index is 11.7. The van der Waals surface area contributed by atoms with Gasteiger partial charge in [-0.3, -0.25) is 0 Å². The molecule has 4 nitrogen and oxygen atoms in total. The second kappa shape index (κ2) is 7.30. The molecule has 150 valence electrons. The molecule has 1 heterocycles. The second-order valence-corrected chi connectivity index (χ2v) is 12.3. The maximum Gasteiger partial charge on any atom is 0.237 e. The monoisotopic (exact) mass is 405 g/mol. The van der Waals surface area contributed by atoms with Crippen LogP contribution in [-0.4, -0.2) is 20.5 Å². The molecule has 0 radical (unpaired) electrons. The average molecular weight is 406 g/mol. The van der Waals surface area contributed by atoms with E-state index < -0.39 is 14.5 Å². The Bertz CT molecular complexity index is 999. The fraction of sp³-hybridized carbons (Fsp3) is 0.333. The summed E-state index contributed by atoms with van der Waals surface area (Å²) in [5.41, 5.74) is 3.14. The normalized spacial score (nSPS) is 16.3. The van der Waals surface area contributed by atoms with E-state index in [2.05, 4.69) is 32.5 Å². The summed E-state index contributed by atoms with van der Waals surface area (Å²) < 4.78 is 12.0. The lowest BCUT2D eigenvalue weighted by Crippen LogP contribution is -2.28. The van der Waals surface area contributed by atoms with Gasteiger partial charge in [0, 0.05) is 5.56 Å². The highest BCUT2D eigenvalue weighted by Crippen LogP contribution is 2.51. The molecule has 0 N–H and O–H groups in total. The summed E-state index contributed by atoms with van der Waals surface area (Å²) in [5.74, 6) is 1.57. The number of hydrogen-bond acceptors (Lipinski definition) is 4. The topological polar surface area (TPSA) is 52.3 Å². The molecule has 1 atom stereocenters. The van der Waals surface area contributed by atoms with Gasteiger partial charge in [0.2, 0.25) is 9.04 Å². The maximum absolute atomic E-state index is 11.7. The fourth-order valence-electron chi connectivity index (χ4n) is 3.31. The van der Waals surface area contributed by atoms with Crippen LogP contribution >= 0.6 is 0 Å². The molecule has 1 aliphatic rings. The molecule has 5 heteroatoms. The Morgan fingerprint density at radius 1 is 1.03 bits per heavy atom. The number of hydrogen-bond donors (Lipinski definition) is 0. The van der Waals surface area contributed by atoms with Crippen LogP contribution in [0.25, 0.3) is 22.4 Å². The third-order valence-electron chi connectivity index (χ3n) is 5.88. The van der Waals surface area contributed by atoms with Gasteiger partial charge in [-0.25, -0.2) is 0 Å². The molecule has 1 aromatic heterocycles. The molecule has 0 spiro atoms. The summed E-state index contributed by atoms with van der Waals surface area (Å²) in [7, 11) is -1.35. The number of nitrogens with zero attached hydrogens (tertiary/aromatic N) is 1. The van der Waals surface area contributed by atoms with Crippen LogP contribution in [0.15, 0.2) is 59.1 Å².